The zero-order valence-corrected chi connectivity index (χ0v) is 12.7. The van der Waals surface area contributed by atoms with Crippen LogP contribution in [-0.2, 0) is 4.74 Å². The number of carbonyl (C=O) groups is 2. The normalized spacial score (nSPS) is 11.2. The molecule has 0 radical (unpaired) electrons. The van der Waals surface area contributed by atoms with E-state index in [0.717, 1.165) is 0 Å². The van der Waals surface area contributed by atoms with E-state index in [4.69, 9.17) is 9.84 Å². The summed E-state index contributed by atoms with van der Waals surface area (Å²) in [5.41, 5.74) is 0.0232. The van der Waals surface area contributed by atoms with Crippen LogP contribution in [-0.4, -0.2) is 17.0 Å². The number of esters is 1. The number of ether oxygens (including phenoxy) is 1. The number of aromatic carboxylic acids is 1. The van der Waals surface area contributed by atoms with Gasteiger partial charge in [0.1, 0.15) is 11.9 Å². The molecule has 0 saturated heterocycles. The average molecular weight is 322 g/mol. The average Bonchev–Trinajstić information content (AvgIpc) is 2.47. The third-order valence-electron chi connectivity index (χ3n) is 3.00. The quantitative estimate of drug-likeness (QED) is 0.874. The zero-order chi connectivity index (χ0) is 15.4. The Morgan fingerprint density at radius 3 is 2.18 bits per heavy atom. The maximum atomic E-state index is 13.6. The maximum Gasteiger partial charge on any atom is 0.339 e. The van der Waals surface area contributed by atoms with E-state index in [0.29, 0.717) is 0 Å². The molecule has 0 aliphatic rings. The van der Waals surface area contributed by atoms with E-state index in [1.807, 2.05) is 0 Å². The highest BCUT2D eigenvalue weighted by Gasteiger charge is 2.21. The second kappa shape index (κ2) is 7.61. The number of carbonyl (C=O) groups excluding carboxylic acids is 1. The number of carboxylic acid groups (broad SMARTS) is 1. The molecule has 2 aromatic rings. The highest BCUT2D eigenvalue weighted by molar-refractivity contribution is 7.59. The number of benzene rings is 2. The molecule has 116 valence electrons. The predicted molar refractivity (Wildman–Crippen MR) is 84.0 cm³/mol. The summed E-state index contributed by atoms with van der Waals surface area (Å²) in [7, 11) is 0. The van der Waals surface area contributed by atoms with Crippen LogP contribution in [0.4, 0.5) is 4.39 Å². The molecule has 0 saturated carbocycles. The first-order chi connectivity index (χ1) is 10.0. The monoisotopic (exact) mass is 322 g/mol. The number of rotatable bonds is 4. The summed E-state index contributed by atoms with van der Waals surface area (Å²) in [4.78, 5) is 23.1. The first-order valence-electron chi connectivity index (χ1n) is 6.28. The molecule has 0 spiro atoms. The molecule has 0 aromatic heterocycles. The van der Waals surface area contributed by atoms with Gasteiger partial charge in [0, 0.05) is 5.56 Å². The lowest BCUT2D eigenvalue weighted by molar-refractivity contribution is 0.0325. The molecular formula is C16H15FO4S. The van der Waals surface area contributed by atoms with Gasteiger partial charge >= 0.3 is 11.9 Å². The van der Waals surface area contributed by atoms with Crippen LogP contribution in [0.3, 0.4) is 0 Å². The van der Waals surface area contributed by atoms with Crippen molar-refractivity contribution in [3.05, 3.63) is 71.0 Å². The van der Waals surface area contributed by atoms with E-state index in [1.165, 1.54) is 49.4 Å². The second-order valence-corrected chi connectivity index (χ2v) is 4.42. The molecule has 0 heterocycles. The topological polar surface area (TPSA) is 63.6 Å². The van der Waals surface area contributed by atoms with Gasteiger partial charge in [-0.25, -0.2) is 14.0 Å². The zero-order valence-electron chi connectivity index (χ0n) is 11.7. The molecule has 0 amide bonds. The molecule has 22 heavy (non-hydrogen) atoms. The van der Waals surface area contributed by atoms with Gasteiger partial charge in [0.05, 0.1) is 11.1 Å². The van der Waals surface area contributed by atoms with Crippen molar-refractivity contribution in [1.82, 2.24) is 0 Å². The fourth-order valence-corrected chi connectivity index (χ4v) is 1.94. The van der Waals surface area contributed by atoms with Crippen LogP contribution in [0.1, 0.15) is 39.3 Å². The minimum Gasteiger partial charge on any atom is -0.478 e. The lowest BCUT2D eigenvalue weighted by atomic mass is 10.1. The SMILES string of the molecule is CC(OC(=O)c1ccccc1C(=O)O)c1ccccc1F.S. The summed E-state index contributed by atoms with van der Waals surface area (Å²) in [6.07, 6.45) is -0.819. The van der Waals surface area contributed by atoms with Gasteiger partial charge in [-0.1, -0.05) is 30.3 Å². The minimum atomic E-state index is -1.22. The van der Waals surface area contributed by atoms with Gasteiger partial charge in [0.15, 0.2) is 0 Å². The Labute approximate surface area is 134 Å². The number of halogens is 1. The standard InChI is InChI=1S/C16H13FO4.H2S/c1-10(11-6-4-5-9-14(11)17)21-16(20)13-8-3-2-7-12(13)15(18)19;/h2-10H,1H3,(H,18,19);1H2. The van der Waals surface area contributed by atoms with Crippen LogP contribution >= 0.6 is 13.5 Å². The molecule has 1 atom stereocenters. The smallest absolute Gasteiger partial charge is 0.339 e. The van der Waals surface area contributed by atoms with Crippen LogP contribution in [0.5, 0.6) is 0 Å². The summed E-state index contributed by atoms with van der Waals surface area (Å²) in [6.45, 7) is 1.53. The van der Waals surface area contributed by atoms with Gasteiger partial charge in [-0.2, -0.15) is 13.5 Å². The molecule has 0 bridgehead atoms. The van der Waals surface area contributed by atoms with Gasteiger partial charge in [0.2, 0.25) is 0 Å². The number of carboxylic acids is 1. The van der Waals surface area contributed by atoms with Crippen molar-refractivity contribution < 1.29 is 23.8 Å². The van der Waals surface area contributed by atoms with Crippen LogP contribution in [0, 0.1) is 5.82 Å². The first kappa shape index (κ1) is 17.7. The summed E-state index contributed by atoms with van der Waals surface area (Å²) in [6, 6.07) is 11.7. The molecular weight excluding hydrogens is 307 g/mol. The van der Waals surface area contributed by atoms with E-state index < -0.39 is 23.9 Å². The Balaban J connectivity index is 0.00000242. The van der Waals surface area contributed by atoms with E-state index in [-0.39, 0.29) is 30.2 Å². The fraction of sp³-hybridized carbons (Fsp3) is 0.125. The van der Waals surface area contributed by atoms with Crippen LogP contribution < -0.4 is 0 Å². The Morgan fingerprint density at radius 2 is 1.59 bits per heavy atom. The molecule has 4 nitrogen and oxygen atoms in total. The van der Waals surface area contributed by atoms with Crippen molar-refractivity contribution in [2.24, 2.45) is 0 Å². The Kier molecular flexibility index (Phi) is 6.12. The minimum absolute atomic E-state index is 0. The molecule has 6 heteroatoms. The van der Waals surface area contributed by atoms with Crippen molar-refractivity contribution in [2.45, 2.75) is 13.0 Å². The van der Waals surface area contributed by atoms with Crippen LogP contribution in [0.15, 0.2) is 48.5 Å². The highest BCUT2D eigenvalue weighted by atomic mass is 32.1. The van der Waals surface area contributed by atoms with Crippen molar-refractivity contribution in [2.75, 3.05) is 0 Å². The summed E-state index contributed by atoms with van der Waals surface area (Å²) >= 11 is 0. The van der Waals surface area contributed by atoms with Crippen molar-refractivity contribution >= 4 is 25.4 Å². The Morgan fingerprint density at radius 1 is 1.05 bits per heavy atom. The highest BCUT2D eigenvalue weighted by Crippen LogP contribution is 2.22. The molecule has 0 aliphatic carbocycles. The van der Waals surface area contributed by atoms with Gasteiger partial charge in [-0.15, -0.1) is 0 Å². The third-order valence-corrected chi connectivity index (χ3v) is 3.00. The molecule has 2 rings (SSSR count). The van der Waals surface area contributed by atoms with Crippen molar-refractivity contribution in [3.8, 4) is 0 Å². The third kappa shape index (κ3) is 3.85. The Bertz CT molecular complexity index is 687. The van der Waals surface area contributed by atoms with Gasteiger partial charge in [-0.3, -0.25) is 0 Å². The number of hydrogen-bond donors (Lipinski definition) is 1. The lowest BCUT2D eigenvalue weighted by Gasteiger charge is -2.15. The lowest BCUT2D eigenvalue weighted by Crippen LogP contribution is -2.14. The molecule has 0 fully saturated rings. The van der Waals surface area contributed by atoms with Crippen molar-refractivity contribution in [1.29, 1.82) is 0 Å². The predicted octanol–water partition coefficient (Wildman–Crippen LogP) is 3.55. The van der Waals surface area contributed by atoms with Crippen LogP contribution in [0.25, 0.3) is 0 Å². The summed E-state index contributed by atoms with van der Waals surface area (Å²) in [5.74, 6) is -2.51. The molecule has 1 N–H and O–H groups in total. The molecule has 0 aliphatic heterocycles. The van der Waals surface area contributed by atoms with E-state index in [9.17, 15) is 14.0 Å². The molecule has 1 unspecified atom stereocenters. The van der Waals surface area contributed by atoms with E-state index in [2.05, 4.69) is 0 Å². The molecule has 2 aromatic carbocycles. The second-order valence-electron chi connectivity index (χ2n) is 4.42. The maximum absolute atomic E-state index is 13.6. The number of hydrogen-bond acceptors (Lipinski definition) is 3. The van der Waals surface area contributed by atoms with Crippen molar-refractivity contribution in [3.63, 3.8) is 0 Å². The largest absolute Gasteiger partial charge is 0.478 e. The fourth-order valence-electron chi connectivity index (χ4n) is 1.94. The van der Waals surface area contributed by atoms with Gasteiger partial charge < -0.3 is 9.84 Å². The summed E-state index contributed by atoms with van der Waals surface area (Å²) in [5, 5.41) is 9.04. The summed E-state index contributed by atoms with van der Waals surface area (Å²) < 4.78 is 18.8. The first-order valence-corrected chi connectivity index (χ1v) is 6.28. The van der Waals surface area contributed by atoms with Gasteiger partial charge in [-0.05, 0) is 25.1 Å². The Hall–Kier alpha value is -2.34. The van der Waals surface area contributed by atoms with Crippen LogP contribution in [0.2, 0.25) is 0 Å². The van der Waals surface area contributed by atoms with E-state index in [1.54, 1.807) is 6.07 Å². The van der Waals surface area contributed by atoms with E-state index >= 15 is 0 Å². The van der Waals surface area contributed by atoms with Gasteiger partial charge in [0.25, 0.3) is 0 Å².